The monoisotopic (exact) mass is 873 g/mol. The number of fused-ring (bicyclic) bond motifs is 2. The molecular weight excluding hydrogens is 832 g/mol. The second-order valence-electron chi connectivity index (χ2n) is 14.7. The number of aryl methyl sites for hydroxylation is 1. The van der Waals surface area contributed by atoms with Crippen molar-refractivity contribution in [3.63, 3.8) is 0 Å². The quantitative estimate of drug-likeness (QED) is 0.125. The molecule has 8 rings (SSSR count). The lowest BCUT2D eigenvalue weighted by atomic mass is 9.89. The van der Waals surface area contributed by atoms with Crippen LogP contribution in [0.15, 0.2) is 122 Å². The number of piperidine rings is 1. The summed E-state index contributed by atoms with van der Waals surface area (Å²) in [6, 6.07) is 30.7. The van der Waals surface area contributed by atoms with Crippen molar-refractivity contribution in [1.82, 2.24) is 24.7 Å². The summed E-state index contributed by atoms with van der Waals surface area (Å²) in [5.41, 5.74) is 6.06. The number of anilines is 2. The molecule has 0 bridgehead atoms. The van der Waals surface area contributed by atoms with Gasteiger partial charge in [0.15, 0.2) is 0 Å². The number of hydrogen-bond acceptors (Lipinski definition) is 7. The van der Waals surface area contributed by atoms with E-state index in [1.807, 2.05) is 43.3 Å². The van der Waals surface area contributed by atoms with E-state index in [9.17, 15) is 31.1 Å². The van der Waals surface area contributed by atoms with Gasteiger partial charge in [0.1, 0.15) is 29.2 Å². The van der Waals surface area contributed by atoms with Crippen molar-refractivity contribution in [2.24, 2.45) is 0 Å². The van der Waals surface area contributed by atoms with E-state index in [-0.39, 0.29) is 17.6 Å². The van der Waals surface area contributed by atoms with Crippen molar-refractivity contribution in [3.8, 4) is 5.75 Å². The van der Waals surface area contributed by atoms with Gasteiger partial charge in [0, 0.05) is 43.4 Å². The number of para-hydroxylation sites is 1. The van der Waals surface area contributed by atoms with Crippen molar-refractivity contribution < 1.29 is 35.9 Å². The Bertz CT molecular complexity index is 2590. The van der Waals surface area contributed by atoms with Gasteiger partial charge in [-0.05, 0) is 109 Å². The fourth-order valence-corrected chi connectivity index (χ4v) is 7.55. The summed E-state index contributed by atoms with van der Waals surface area (Å²) >= 11 is 6.14. The summed E-state index contributed by atoms with van der Waals surface area (Å²) in [6.45, 7) is 4.61. The van der Waals surface area contributed by atoms with Crippen molar-refractivity contribution in [2.45, 2.75) is 57.6 Å². The van der Waals surface area contributed by atoms with Crippen molar-refractivity contribution in [3.05, 3.63) is 160 Å². The van der Waals surface area contributed by atoms with Crippen molar-refractivity contribution in [2.75, 3.05) is 29.9 Å². The number of carbonyl (C=O) groups is 1. The van der Waals surface area contributed by atoms with Gasteiger partial charge in [0.25, 0.3) is 5.91 Å². The molecule has 0 aliphatic carbocycles. The smallest absolute Gasteiger partial charge is 0.406 e. The highest BCUT2D eigenvalue weighted by molar-refractivity contribution is 6.30. The number of nitrogens with zero attached hydrogens (tertiary/aromatic N) is 5. The van der Waals surface area contributed by atoms with E-state index in [2.05, 4.69) is 47.4 Å². The molecule has 1 fully saturated rings. The molecule has 1 amide bonds. The highest BCUT2D eigenvalue weighted by Gasteiger charge is 2.31. The van der Waals surface area contributed by atoms with Gasteiger partial charge >= 0.3 is 12.5 Å². The summed E-state index contributed by atoms with van der Waals surface area (Å²) in [5.74, 6) is 0.611. The molecule has 0 radical (unpaired) electrons. The van der Waals surface area contributed by atoms with E-state index in [1.165, 1.54) is 30.6 Å². The Labute approximate surface area is 358 Å². The van der Waals surface area contributed by atoms with E-state index < -0.39 is 18.1 Å². The molecule has 4 heterocycles. The molecule has 0 unspecified atom stereocenters. The number of ether oxygens (including phenoxy) is 1. The van der Waals surface area contributed by atoms with E-state index >= 15 is 0 Å². The second kappa shape index (κ2) is 19.1. The summed E-state index contributed by atoms with van der Waals surface area (Å²) in [5, 5.41) is 7.66. The first-order valence-electron chi connectivity index (χ1n) is 20.0. The summed E-state index contributed by atoms with van der Waals surface area (Å²) in [6.07, 6.45) is -2.74. The normalized spacial score (nSPS) is 13.5. The van der Waals surface area contributed by atoms with Crippen LogP contribution in [0.2, 0.25) is 5.02 Å². The maximum Gasteiger partial charge on any atom is 0.573 e. The second-order valence-corrected chi connectivity index (χ2v) is 15.1. The van der Waals surface area contributed by atoms with Crippen LogP contribution in [0.5, 0.6) is 5.75 Å². The lowest BCUT2D eigenvalue weighted by Gasteiger charge is -2.34. The zero-order valence-electron chi connectivity index (χ0n) is 33.5. The van der Waals surface area contributed by atoms with Crippen molar-refractivity contribution in [1.29, 1.82) is 0 Å². The van der Waals surface area contributed by atoms with Crippen LogP contribution in [-0.4, -0.2) is 51.3 Å². The number of benzene rings is 4. The topological polar surface area (TPSA) is 96.7 Å². The number of hydrogen-bond donors (Lipinski definition) is 2. The van der Waals surface area contributed by atoms with Gasteiger partial charge in [-0.2, -0.15) is 13.2 Å². The number of rotatable bonds is 11. The molecule has 1 saturated heterocycles. The Hall–Kier alpha value is -6.35. The third-order valence-corrected chi connectivity index (χ3v) is 10.8. The van der Waals surface area contributed by atoms with Crippen LogP contribution < -0.4 is 20.3 Å². The molecule has 62 heavy (non-hydrogen) atoms. The lowest BCUT2D eigenvalue weighted by Crippen LogP contribution is -2.32. The molecular formula is C46H42ClF6N7O2. The molecule has 322 valence electrons. The molecule has 16 heteroatoms. The zero-order valence-corrected chi connectivity index (χ0v) is 34.2. The minimum Gasteiger partial charge on any atom is -0.406 e. The summed E-state index contributed by atoms with van der Waals surface area (Å²) < 4.78 is 80.4. The van der Waals surface area contributed by atoms with E-state index in [4.69, 9.17) is 11.6 Å². The predicted octanol–water partition coefficient (Wildman–Crippen LogP) is 11.1. The first-order valence-corrected chi connectivity index (χ1v) is 20.4. The maximum absolute atomic E-state index is 13.0. The highest BCUT2D eigenvalue weighted by Crippen LogP contribution is 2.33. The molecule has 7 aromatic rings. The van der Waals surface area contributed by atoms with Gasteiger partial charge in [-0.15, -0.1) is 13.2 Å². The minimum absolute atomic E-state index is 0.200. The number of aromatic nitrogens is 4. The molecule has 2 N–H and O–H groups in total. The van der Waals surface area contributed by atoms with E-state index in [0.29, 0.717) is 42.3 Å². The average Bonchev–Trinajstić information content (AvgIpc) is 3.64. The maximum atomic E-state index is 13.0. The first-order chi connectivity index (χ1) is 29.7. The molecule has 1 aliphatic heterocycles. The Morgan fingerprint density at radius 2 is 1.53 bits per heavy atom. The fourth-order valence-electron chi connectivity index (χ4n) is 7.39. The SMILES string of the molecule is CCc1nc2ccc(Cl)cn2c1C(=O)NCc1ccc(N2CCC(c3ccc(OC(F)(F)F)cc3)CC2)cc1.FC(F)(F)c1ccc(CCNc2ncnc3ccccc23)cc1. The third-order valence-electron chi connectivity index (χ3n) is 10.6. The highest BCUT2D eigenvalue weighted by atomic mass is 35.5. The Morgan fingerprint density at radius 3 is 2.21 bits per heavy atom. The van der Waals surface area contributed by atoms with Crippen LogP contribution in [-0.2, 0) is 25.6 Å². The third kappa shape index (κ3) is 11.1. The van der Waals surface area contributed by atoms with Gasteiger partial charge in [-0.25, -0.2) is 15.0 Å². The molecule has 1 aliphatic rings. The zero-order chi connectivity index (χ0) is 43.9. The van der Waals surface area contributed by atoms with Crippen LogP contribution in [0.25, 0.3) is 16.6 Å². The van der Waals surface area contributed by atoms with Gasteiger partial charge in [0.2, 0.25) is 0 Å². The van der Waals surface area contributed by atoms with Gasteiger partial charge in [-0.1, -0.05) is 67.1 Å². The number of nitrogens with one attached hydrogen (secondary N) is 2. The Balaban J connectivity index is 0.000000213. The molecule has 0 atom stereocenters. The number of carbonyl (C=O) groups excluding carboxylic acids is 1. The Morgan fingerprint density at radius 1 is 0.839 bits per heavy atom. The van der Waals surface area contributed by atoms with Gasteiger partial charge in [0.05, 0.1) is 21.8 Å². The summed E-state index contributed by atoms with van der Waals surface area (Å²) in [7, 11) is 0. The molecule has 4 aromatic carbocycles. The predicted molar refractivity (Wildman–Crippen MR) is 228 cm³/mol. The number of imidazole rings is 1. The van der Waals surface area contributed by atoms with Crippen LogP contribution in [0.4, 0.5) is 37.8 Å². The molecule has 9 nitrogen and oxygen atoms in total. The number of halogens is 7. The minimum atomic E-state index is -4.68. The van der Waals surface area contributed by atoms with Crippen LogP contribution >= 0.6 is 11.6 Å². The van der Waals surface area contributed by atoms with Gasteiger partial charge in [-0.3, -0.25) is 9.20 Å². The number of amides is 1. The number of pyridine rings is 1. The molecule has 3 aromatic heterocycles. The molecule has 0 spiro atoms. The average molecular weight is 874 g/mol. The Kier molecular flexibility index (Phi) is 13.5. The summed E-state index contributed by atoms with van der Waals surface area (Å²) in [4.78, 5) is 28.3. The van der Waals surface area contributed by atoms with Crippen molar-refractivity contribution >= 4 is 45.6 Å². The van der Waals surface area contributed by atoms with E-state index in [1.54, 1.807) is 34.9 Å². The van der Waals surface area contributed by atoms with Crippen LogP contribution in [0.1, 0.15) is 64.1 Å². The first kappa shape index (κ1) is 43.7. The standard InChI is InChI=1S/C29H28ClF3N4O2.C17H14F3N3/c1-2-25-27(37-18-22(30)7-12-26(37)35-25)28(38)34-17-19-3-8-23(9-4-19)36-15-13-21(14-16-36)20-5-10-24(11-6-20)39-29(31,32)33;18-17(19,20)13-7-5-12(6-8-13)9-10-21-16-14-3-1-2-4-15(14)22-11-23-16/h3-12,18,21H,2,13-17H2,1H3,(H,34,38);1-8,11H,9-10H2,(H,21,22,23). The van der Waals surface area contributed by atoms with Crippen LogP contribution in [0.3, 0.4) is 0 Å². The van der Waals surface area contributed by atoms with E-state index in [0.717, 1.165) is 82.9 Å². The van der Waals surface area contributed by atoms with Crippen LogP contribution in [0, 0.1) is 0 Å². The lowest BCUT2D eigenvalue weighted by molar-refractivity contribution is -0.274. The molecule has 0 saturated carbocycles. The largest absolute Gasteiger partial charge is 0.573 e. The number of alkyl halides is 6. The fraction of sp³-hybridized carbons (Fsp3) is 0.261. The van der Waals surface area contributed by atoms with Gasteiger partial charge < -0.3 is 20.3 Å².